The molecule has 2 unspecified atom stereocenters. The molecule has 0 fully saturated rings. The van der Waals surface area contributed by atoms with Crippen molar-refractivity contribution < 1.29 is 53.9 Å². The van der Waals surface area contributed by atoms with E-state index in [2.05, 4.69) is 0 Å². The van der Waals surface area contributed by atoms with Gasteiger partial charge in [0, 0.05) is 49.8 Å². The molecule has 0 spiro atoms. The maximum atomic E-state index is 15.9. The number of fused-ring (bicyclic) bond motifs is 1. The molecule has 0 saturated heterocycles. The van der Waals surface area contributed by atoms with E-state index < -0.39 is 80.0 Å². The van der Waals surface area contributed by atoms with Gasteiger partial charge < -0.3 is 29.9 Å². The highest BCUT2D eigenvalue weighted by Gasteiger charge is 2.82. The smallest absolute Gasteiger partial charge is 0.307 e. The number of phenols is 4. The van der Waals surface area contributed by atoms with Crippen molar-refractivity contribution in [1.82, 2.24) is 0 Å². The molecule has 1 heterocycles. The summed E-state index contributed by atoms with van der Waals surface area (Å²) in [6.45, 7) is 9.68. The molecule has 310 valence electrons. The normalized spacial score (nSPS) is 18.4. The SMILES string of the molecule is CCCCCC(=O)OC1(C(=O)CCCCC)C(C(=O)CCCCC)(c2ccc(O)c(O)c2)Oc2cc(O)cc(O)c2C1(C(=O)CCCCC)C(=O)CCCCC. The number of benzene rings is 2. The molecule has 0 aliphatic carbocycles. The van der Waals surface area contributed by atoms with Gasteiger partial charge in [0.05, 0.1) is 5.56 Å². The zero-order valence-corrected chi connectivity index (χ0v) is 34.2. The third kappa shape index (κ3) is 9.07. The zero-order valence-electron chi connectivity index (χ0n) is 34.2. The number of carbonyl (C=O) groups is 5. The molecule has 0 saturated carbocycles. The first kappa shape index (κ1) is 46.0. The van der Waals surface area contributed by atoms with E-state index in [0.717, 1.165) is 30.7 Å². The van der Waals surface area contributed by atoms with Gasteiger partial charge in [0.25, 0.3) is 0 Å². The Balaban J connectivity index is 2.82. The fourth-order valence-corrected chi connectivity index (χ4v) is 8.19. The summed E-state index contributed by atoms with van der Waals surface area (Å²) in [6.07, 6.45) is 6.41. The second kappa shape index (κ2) is 21.2. The number of hydrogen-bond donors (Lipinski definition) is 4. The van der Waals surface area contributed by atoms with Crippen LogP contribution < -0.4 is 4.74 Å². The highest BCUT2D eigenvalue weighted by molar-refractivity contribution is 6.22. The number of aromatic hydroxyl groups is 4. The van der Waals surface area contributed by atoms with E-state index >= 15 is 19.2 Å². The fourth-order valence-electron chi connectivity index (χ4n) is 8.19. The van der Waals surface area contributed by atoms with Crippen LogP contribution in [-0.2, 0) is 39.7 Å². The number of unbranched alkanes of at least 4 members (excludes halogenated alkanes) is 10. The molecule has 3 rings (SSSR count). The molecule has 2 aromatic rings. The number of hydrogen-bond acceptors (Lipinski definition) is 11. The second-order valence-corrected chi connectivity index (χ2v) is 15.2. The first-order valence-corrected chi connectivity index (χ1v) is 20.9. The summed E-state index contributed by atoms with van der Waals surface area (Å²) in [5.74, 6) is -7.33. The third-order valence-corrected chi connectivity index (χ3v) is 11.0. The summed E-state index contributed by atoms with van der Waals surface area (Å²) in [5.41, 5.74) is -9.47. The average Bonchev–Trinajstić information content (AvgIpc) is 3.15. The van der Waals surface area contributed by atoms with Crippen LogP contribution in [0.4, 0.5) is 0 Å². The molecule has 2 atom stereocenters. The molecular formula is C45H64O11. The standard InChI is InChI=1S/C45H64O11/c1-6-11-16-21-37(50)43(38(51)22-17-12-7-2)42-35(49)29-32(46)30-36(42)55-44(39(52)23-18-13-8-3,31-26-27-33(47)34(48)28-31)45(43,40(53)24-19-14-9-4)56-41(54)25-20-15-10-5/h26-30,46-49H,6-25H2,1-5H3. The van der Waals surface area contributed by atoms with Crippen molar-refractivity contribution in [3.63, 3.8) is 0 Å². The van der Waals surface area contributed by atoms with Gasteiger partial charge in [-0.2, -0.15) is 0 Å². The van der Waals surface area contributed by atoms with Crippen LogP contribution >= 0.6 is 0 Å². The molecule has 0 bridgehead atoms. The summed E-state index contributed by atoms with van der Waals surface area (Å²) in [5, 5.41) is 44.4. The molecular weight excluding hydrogens is 716 g/mol. The lowest BCUT2D eigenvalue weighted by atomic mass is 9.49. The monoisotopic (exact) mass is 780 g/mol. The van der Waals surface area contributed by atoms with Gasteiger partial charge in [0.2, 0.25) is 11.2 Å². The van der Waals surface area contributed by atoms with Crippen molar-refractivity contribution >= 4 is 29.1 Å². The number of Topliss-reactive ketones (excluding diaryl/α,β-unsaturated/α-hetero) is 4. The molecule has 56 heavy (non-hydrogen) atoms. The van der Waals surface area contributed by atoms with Crippen LogP contribution in [-0.4, -0.2) is 55.1 Å². The Morgan fingerprint density at radius 3 is 1.48 bits per heavy atom. The quantitative estimate of drug-likeness (QED) is 0.0308. The molecule has 1 aliphatic heterocycles. The van der Waals surface area contributed by atoms with Crippen LogP contribution in [0.5, 0.6) is 28.7 Å². The maximum absolute atomic E-state index is 15.9. The fraction of sp³-hybridized carbons (Fsp3) is 0.622. The van der Waals surface area contributed by atoms with E-state index in [-0.39, 0.29) is 63.4 Å². The molecule has 2 aromatic carbocycles. The third-order valence-electron chi connectivity index (χ3n) is 11.0. The van der Waals surface area contributed by atoms with Gasteiger partial charge in [0.1, 0.15) is 17.2 Å². The number of phenolic OH excluding ortho intramolecular Hbond substituents is 4. The van der Waals surface area contributed by atoms with Crippen molar-refractivity contribution in [3.8, 4) is 28.7 Å². The zero-order chi connectivity index (χ0) is 41.5. The number of ketones is 4. The van der Waals surface area contributed by atoms with Gasteiger partial charge in [-0.15, -0.1) is 0 Å². The highest BCUT2D eigenvalue weighted by Crippen LogP contribution is 2.63. The summed E-state index contributed by atoms with van der Waals surface area (Å²) >= 11 is 0. The van der Waals surface area contributed by atoms with E-state index in [1.54, 1.807) is 0 Å². The molecule has 11 nitrogen and oxygen atoms in total. The van der Waals surface area contributed by atoms with Crippen LogP contribution in [0.2, 0.25) is 0 Å². The minimum absolute atomic E-state index is 0.225. The average molecular weight is 781 g/mol. The number of carbonyl (C=O) groups excluding carboxylic acids is 5. The van der Waals surface area contributed by atoms with Crippen molar-refractivity contribution in [3.05, 3.63) is 41.5 Å². The molecule has 4 N–H and O–H groups in total. The number of esters is 1. The summed E-state index contributed by atoms with van der Waals surface area (Å²) in [6, 6.07) is 5.37. The Kier molecular flexibility index (Phi) is 17.4. The molecule has 0 aromatic heterocycles. The second-order valence-electron chi connectivity index (χ2n) is 15.2. The molecule has 0 radical (unpaired) electrons. The largest absolute Gasteiger partial charge is 0.508 e. The van der Waals surface area contributed by atoms with Gasteiger partial charge >= 0.3 is 5.97 Å². The minimum Gasteiger partial charge on any atom is -0.508 e. The van der Waals surface area contributed by atoms with Gasteiger partial charge in [0.15, 0.2) is 40.0 Å². The topological polar surface area (TPSA) is 185 Å². The van der Waals surface area contributed by atoms with Crippen LogP contribution in [0, 0.1) is 0 Å². The Bertz CT molecular complexity index is 1660. The van der Waals surface area contributed by atoms with Gasteiger partial charge in [-0.05, 0) is 44.2 Å². The Morgan fingerprint density at radius 1 is 0.536 bits per heavy atom. The minimum atomic E-state index is -3.09. The van der Waals surface area contributed by atoms with Crippen LogP contribution in [0.1, 0.15) is 174 Å². The predicted molar refractivity (Wildman–Crippen MR) is 213 cm³/mol. The lowest BCUT2D eigenvalue weighted by molar-refractivity contribution is -0.221. The summed E-state index contributed by atoms with van der Waals surface area (Å²) in [4.78, 5) is 77.3. The summed E-state index contributed by atoms with van der Waals surface area (Å²) < 4.78 is 13.4. The Labute approximate surface area is 332 Å². The molecule has 0 amide bonds. The highest BCUT2D eigenvalue weighted by atomic mass is 16.6. The first-order valence-electron chi connectivity index (χ1n) is 20.9. The van der Waals surface area contributed by atoms with Crippen molar-refractivity contribution in [2.45, 2.75) is 180 Å². The molecule has 11 heteroatoms. The van der Waals surface area contributed by atoms with E-state index in [1.807, 2.05) is 34.6 Å². The van der Waals surface area contributed by atoms with E-state index in [9.17, 15) is 25.2 Å². The number of ether oxygens (including phenoxy) is 2. The van der Waals surface area contributed by atoms with E-state index in [0.29, 0.717) is 64.2 Å². The Morgan fingerprint density at radius 2 is 1.00 bits per heavy atom. The van der Waals surface area contributed by atoms with Crippen LogP contribution in [0.3, 0.4) is 0 Å². The van der Waals surface area contributed by atoms with Crippen LogP contribution in [0.15, 0.2) is 30.3 Å². The van der Waals surface area contributed by atoms with E-state index in [1.165, 1.54) is 6.07 Å². The van der Waals surface area contributed by atoms with Crippen LogP contribution in [0.25, 0.3) is 0 Å². The van der Waals surface area contributed by atoms with Gasteiger partial charge in [-0.25, -0.2) is 0 Å². The van der Waals surface area contributed by atoms with Gasteiger partial charge in [-0.1, -0.05) is 105 Å². The first-order chi connectivity index (χ1) is 26.8. The van der Waals surface area contributed by atoms with Crippen molar-refractivity contribution in [2.75, 3.05) is 0 Å². The van der Waals surface area contributed by atoms with Gasteiger partial charge in [-0.3, -0.25) is 24.0 Å². The Hall–Kier alpha value is -4.41. The summed E-state index contributed by atoms with van der Waals surface area (Å²) in [7, 11) is 0. The number of rotatable bonds is 26. The predicted octanol–water partition coefficient (Wildman–Crippen LogP) is 9.49. The van der Waals surface area contributed by atoms with Crippen molar-refractivity contribution in [2.24, 2.45) is 0 Å². The van der Waals surface area contributed by atoms with E-state index in [4.69, 9.17) is 9.47 Å². The lowest BCUT2D eigenvalue weighted by Gasteiger charge is -2.58. The maximum Gasteiger partial charge on any atom is 0.307 e. The van der Waals surface area contributed by atoms with Crippen molar-refractivity contribution in [1.29, 1.82) is 0 Å². The molecule has 1 aliphatic rings. The lowest BCUT2D eigenvalue weighted by Crippen LogP contribution is -2.80.